The zero-order valence-electron chi connectivity index (χ0n) is 13.0. The maximum Gasteiger partial charge on any atom is 0.125 e. The van der Waals surface area contributed by atoms with Crippen LogP contribution >= 0.6 is 11.3 Å². The number of rotatable bonds is 3. The van der Waals surface area contributed by atoms with Crippen LogP contribution in [0.25, 0.3) is 10.6 Å². The van der Waals surface area contributed by atoms with Crippen LogP contribution in [0, 0.1) is 6.92 Å². The van der Waals surface area contributed by atoms with Crippen molar-refractivity contribution in [1.82, 2.24) is 14.9 Å². The number of piperidine rings is 1. The molecule has 0 radical (unpaired) electrons. The van der Waals surface area contributed by atoms with Crippen LogP contribution in [-0.2, 0) is 0 Å². The number of aryl methyl sites for hydroxylation is 1. The van der Waals surface area contributed by atoms with Gasteiger partial charge in [-0.2, -0.15) is 0 Å². The van der Waals surface area contributed by atoms with Crippen LogP contribution in [-0.4, -0.2) is 34.0 Å². The van der Waals surface area contributed by atoms with E-state index >= 15 is 0 Å². The van der Waals surface area contributed by atoms with Crippen molar-refractivity contribution in [3.05, 3.63) is 35.1 Å². The molecule has 0 spiro atoms. The molecular formula is C17H23N3S. The van der Waals surface area contributed by atoms with Gasteiger partial charge in [0.05, 0.1) is 0 Å². The first-order valence-corrected chi connectivity index (χ1v) is 8.64. The van der Waals surface area contributed by atoms with Gasteiger partial charge in [-0.15, -0.1) is 11.3 Å². The van der Waals surface area contributed by atoms with Crippen molar-refractivity contribution < 1.29 is 0 Å². The second kappa shape index (κ2) is 6.24. The molecule has 0 aliphatic carbocycles. The van der Waals surface area contributed by atoms with Crippen molar-refractivity contribution >= 4 is 11.3 Å². The fourth-order valence-corrected chi connectivity index (χ4v) is 3.77. The summed E-state index contributed by atoms with van der Waals surface area (Å²) >= 11 is 1.69. The normalized spacial score (nSPS) is 20.1. The predicted octanol–water partition coefficient (Wildman–Crippen LogP) is 4.10. The lowest BCUT2D eigenvalue weighted by Gasteiger charge is -2.35. The van der Waals surface area contributed by atoms with Crippen molar-refractivity contribution in [3.63, 3.8) is 0 Å². The highest BCUT2D eigenvalue weighted by molar-refractivity contribution is 7.13. The van der Waals surface area contributed by atoms with Crippen LogP contribution in [0.4, 0.5) is 0 Å². The third-order valence-electron chi connectivity index (χ3n) is 4.25. The Labute approximate surface area is 131 Å². The first kappa shape index (κ1) is 14.7. The van der Waals surface area contributed by atoms with Crippen molar-refractivity contribution in [3.8, 4) is 10.6 Å². The van der Waals surface area contributed by atoms with E-state index < -0.39 is 0 Å². The number of hydrogen-bond donors (Lipinski definition) is 0. The number of likely N-dealkylation sites (tertiary alicyclic amines) is 1. The highest BCUT2D eigenvalue weighted by Crippen LogP contribution is 2.29. The molecule has 1 fully saturated rings. The molecule has 3 rings (SSSR count). The van der Waals surface area contributed by atoms with E-state index in [-0.39, 0.29) is 0 Å². The first-order chi connectivity index (χ1) is 10.1. The molecule has 21 heavy (non-hydrogen) atoms. The summed E-state index contributed by atoms with van der Waals surface area (Å²) in [5.41, 5.74) is 3.45. The van der Waals surface area contributed by atoms with E-state index in [9.17, 15) is 0 Å². The van der Waals surface area contributed by atoms with Crippen LogP contribution in [0.15, 0.2) is 23.7 Å². The van der Waals surface area contributed by atoms with Gasteiger partial charge in [0.15, 0.2) is 0 Å². The molecule has 112 valence electrons. The quantitative estimate of drug-likeness (QED) is 0.854. The number of hydrogen-bond acceptors (Lipinski definition) is 4. The van der Waals surface area contributed by atoms with Gasteiger partial charge in [0.25, 0.3) is 0 Å². The smallest absolute Gasteiger partial charge is 0.125 e. The Bertz CT molecular complexity index is 588. The molecule has 0 aromatic carbocycles. The molecule has 0 saturated carbocycles. The molecule has 2 aromatic rings. The largest absolute Gasteiger partial charge is 0.300 e. The predicted molar refractivity (Wildman–Crippen MR) is 88.8 cm³/mol. The molecule has 0 amide bonds. The van der Waals surface area contributed by atoms with Gasteiger partial charge in [0.1, 0.15) is 5.01 Å². The molecule has 1 unspecified atom stereocenters. The van der Waals surface area contributed by atoms with E-state index in [1.807, 2.05) is 13.1 Å². The highest BCUT2D eigenvalue weighted by Gasteiger charge is 2.23. The number of aromatic nitrogens is 2. The van der Waals surface area contributed by atoms with Gasteiger partial charge in [0.2, 0.25) is 0 Å². The Morgan fingerprint density at radius 2 is 2.19 bits per heavy atom. The minimum Gasteiger partial charge on any atom is -0.300 e. The molecule has 0 bridgehead atoms. The summed E-state index contributed by atoms with van der Waals surface area (Å²) in [7, 11) is 0. The monoisotopic (exact) mass is 301 g/mol. The number of thiazole rings is 1. The van der Waals surface area contributed by atoms with Gasteiger partial charge in [-0.05, 0) is 52.3 Å². The molecule has 1 aliphatic heterocycles. The average Bonchev–Trinajstić information content (AvgIpc) is 2.94. The van der Waals surface area contributed by atoms with Crippen LogP contribution < -0.4 is 0 Å². The Kier molecular flexibility index (Phi) is 4.36. The van der Waals surface area contributed by atoms with E-state index in [1.165, 1.54) is 25.1 Å². The topological polar surface area (TPSA) is 29.0 Å². The number of pyridine rings is 1. The fourth-order valence-electron chi connectivity index (χ4n) is 2.98. The van der Waals surface area contributed by atoms with E-state index in [0.29, 0.717) is 12.0 Å². The van der Waals surface area contributed by atoms with Crippen LogP contribution in [0.2, 0.25) is 0 Å². The molecule has 3 heterocycles. The highest BCUT2D eigenvalue weighted by atomic mass is 32.1. The van der Waals surface area contributed by atoms with Gasteiger partial charge in [-0.3, -0.25) is 4.98 Å². The minimum absolute atomic E-state index is 0.577. The Hall–Kier alpha value is -1.26. The third-order valence-corrected chi connectivity index (χ3v) is 5.26. The van der Waals surface area contributed by atoms with Gasteiger partial charge in [-0.1, -0.05) is 0 Å². The zero-order valence-corrected chi connectivity index (χ0v) is 13.9. The van der Waals surface area contributed by atoms with Gasteiger partial charge in [0, 0.05) is 47.0 Å². The first-order valence-electron chi connectivity index (χ1n) is 7.76. The fraction of sp³-hybridized carbons (Fsp3) is 0.529. The summed E-state index contributed by atoms with van der Waals surface area (Å²) in [5.74, 6) is 0.577. The van der Waals surface area contributed by atoms with Crippen LogP contribution in [0.3, 0.4) is 0 Å². The molecule has 2 aromatic heterocycles. The van der Waals surface area contributed by atoms with Gasteiger partial charge in [-0.25, -0.2) is 4.98 Å². The number of nitrogens with zero attached hydrogens (tertiary/aromatic N) is 3. The summed E-state index contributed by atoms with van der Waals surface area (Å²) in [5, 5.41) is 3.16. The third kappa shape index (κ3) is 3.33. The Morgan fingerprint density at radius 1 is 1.33 bits per heavy atom. The molecule has 1 aliphatic rings. The van der Waals surface area contributed by atoms with Gasteiger partial charge < -0.3 is 4.90 Å². The molecular weight excluding hydrogens is 278 g/mol. The lowest BCUT2D eigenvalue weighted by Crippen LogP contribution is -2.39. The second-order valence-electron chi connectivity index (χ2n) is 6.19. The summed E-state index contributed by atoms with van der Waals surface area (Å²) in [6.07, 6.45) is 4.52. The Morgan fingerprint density at radius 3 is 2.81 bits per heavy atom. The molecule has 1 atom stereocenters. The Balaban J connectivity index is 1.74. The minimum atomic E-state index is 0.577. The summed E-state index contributed by atoms with van der Waals surface area (Å²) in [6.45, 7) is 8.96. The van der Waals surface area contributed by atoms with Crippen LogP contribution in [0.5, 0.6) is 0 Å². The molecule has 4 heteroatoms. The summed E-state index contributed by atoms with van der Waals surface area (Å²) in [4.78, 5) is 11.8. The van der Waals surface area contributed by atoms with Crippen molar-refractivity contribution in [1.29, 1.82) is 0 Å². The lowest BCUT2D eigenvalue weighted by molar-refractivity contribution is 0.166. The average molecular weight is 301 g/mol. The maximum atomic E-state index is 4.72. The summed E-state index contributed by atoms with van der Waals surface area (Å²) < 4.78 is 0. The standard InChI is InChI=1S/C17H23N3S/c1-12(2)20-8-4-5-15(10-20)16-7-6-14(9-18-16)17-19-13(3)11-21-17/h6-7,9,11-12,15H,4-5,8,10H2,1-3H3. The van der Waals surface area contributed by atoms with Crippen molar-refractivity contribution in [2.45, 2.75) is 45.6 Å². The second-order valence-corrected chi connectivity index (χ2v) is 7.05. The van der Waals surface area contributed by atoms with E-state index in [1.54, 1.807) is 11.3 Å². The molecule has 1 saturated heterocycles. The maximum absolute atomic E-state index is 4.72. The zero-order chi connectivity index (χ0) is 14.8. The van der Waals surface area contributed by atoms with Crippen LogP contribution in [0.1, 0.15) is 44.0 Å². The lowest BCUT2D eigenvalue weighted by atomic mass is 9.93. The molecule has 0 N–H and O–H groups in total. The van der Waals surface area contributed by atoms with Gasteiger partial charge >= 0.3 is 0 Å². The van der Waals surface area contributed by atoms with Crippen molar-refractivity contribution in [2.24, 2.45) is 0 Å². The summed E-state index contributed by atoms with van der Waals surface area (Å²) in [6, 6.07) is 5.00. The molecule has 3 nitrogen and oxygen atoms in total. The van der Waals surface area contributed by atoms with E-state index in [0.717, 1.165) is 22.8 Å². The van der Waals surface area contributed by atoms with E-state index in [2.05, 4.69) is 41.2 Å². The SMILES string of the molecule is Cc1csc(-c2ccc(C3CCCN(C(C)C)C3)nc2)n1. The van der Waals surface area contributed by atoms with E-state index in [4.69, 9.17) is 4.98 Å². The van der Waals surface area contributed by atoms with Crippen molar-refractivity contribution in [2.75, 3.05) is 13.1 Å².